The van der Waals surface area contributed by atoms with Crippen molar-refractivity contribution in [1.82, 2.24) is 4.98 Å². The van der Waals surface area contributed by atoms with Crippen molar-refractivity contribution in [2.24, 2.45) is 0 Å². The molecule has 1 heterocycles. The van der Waals surface area contributed by atoms with Crippen LogP contribution < -0.4 is 5.32 Å². The van der Waals surface area contributed by atoms with E-state index in [1.165, 1.54) is 16.9 Å². The SMILES string of the molecule is Cc1cc(C)c(CC(=O)Nc2nc3c(C)cccc3s2)c(C)c1. The molecule has 0 aliphatic rings. The van der Waals surface area contributed by atoms with E-state index in [0.717, 1.165) is 32.5 Å². The van der Waals surface area contributed by atoms with E-state index >= 15 is 0 Å². The average Bonchev–Trinajstić information content (AvgIpc) is 2.86. The number of hydrogen-bond acceptors (Lipinski definition) is 3. The van der Waals surface area contributed by atoms with Gasteiger partial charge in [0, 0.05) is 0 Å². The number of nitrogens with one attached hydrogen (secondary N) is 1. The molecule has 0 radical (unpaired) electrons. The normalized spacial score (nSPS) is 11.0. The highest BCUT2D eigenvalue weighted by Gasteiger charge is 2.12. The molecule has 0 spiro atoms. The minimum Gasteiger partial charge on any atom is -0.302 e. The van der Waals surface area contributed by atoms with E-state index < -0.39 is 0 Å². The number of aromatic nitrogens is 1. The van der Waals surface area contributed by atoms with Crippen molar-refractivity contribution in [1.29, 1.82) is 0 Å². The molecule has 1 amide bonds. The zero-order chi connectivity index (χ0) is 16.6. The van der Waals surface area contributed by atoms with E-state index in [0.29, 0.717) is 11.6 Å². The molecule has 2 aromatic carbocycles. The highest BCUT2D eigenvalue weighted by atomic mass is 32.1. The van der Waals surface area contributed by atoms with Crippen LogP contribution >= 0.6 is 11.3 Å². The third kappa shape index (κ3) is 3.27. The van der Waals surface area contributed by atoms with Gasteiger partial charge < -0.3 is 5.32 Å². The number of nitrogens with zero attached hydrogens (tertiary/aromatic N) is 1. The van der Waals surface area contributed by atoms with E-state index in [1.807, 2.05) is 25.1 Å². The number of carbonyl (C=O) groups excluding carboxylic acids is 1. The topological polar surface area (TPSA) is 42.0 Å². The first-order chi connectivity index (χ1) is 10.9. The number of para-hydroxylation sites is 1. The fourth-order valence-electron chi connectivity index (χ4n) is 2.95. The molecule has 118 valence electrons. The number of hydrogen-bond donors (Lipinski definition) is 1. The lowest BCUT2D eigenvalue weighted by atomic mass is 9.97. The largest absolute Gasteiger partial charge is 0.302 e. The van der Waals surface area contributed by atoms with Crippen molar-refractivity contribution >= 4 is 32.6 Å². The monoisotopic (exact) mass is 324 g/mol. The van der Waals surface area contributed by atoms with Gasteiger partial charge in [0.15, 0.2) is 5.13 Å². The van der Waals surface area contributed by atoms with E-state index in [1.54, 1.807) is 0 Å². The van der Waals surface area contributed by atoms with E-state index in [2.05, 4.69) is 43.2 Å². The number of carbonyl (C=O) groups is 1. The van der Waals surface area contributed by atoms with Crippen molar-refractivity contribution in [3.8, 4) is 0 Å². The first-order valence-electron chi connectivity index (χ1n) is 7.67. The molecule has 0 aliphatic heterocycles. The Morgan fingerprint density at radius 2 is 1.78 bits per heavy atom. The third-order valence-corrected chi connectivity index (χ3v) is 4.98. The average molecular weight is 324 g/mol. The molecule has 1 aromatic heterocycles. The maximum Gasteiger partial charge on any atom is 0.230 e. The summed E-state index contributed by atoms with van der Waals surface area (Å²) in [5, 5.41) is 3.61. The first kappa shape index (κ1) is 15.7. The lowest BCUT2D eigenvalue weighted by Gasteiger charge is -2.10. The molecule has 0 bridgehead atoms. The second kappa shape index (κ2) is 6.13. The van der Waals surface area contributed by atoms with Crippen LogP contribution in [0.2, 0.25) is 0 Å². The van der Waals surface area contributed by atoms with Gasteiger partial charge in [0.2, 0.25) is 5.91 Å². The van der Waals surface area contributed by atoms with Crippen LogP contribution in [-0.2, 0) is 11.2 Å². The Balaban J connectivity index is 1.80. The molecule has 3 rings (SSSR count). The summed E-state index contributed by atoms with van der Waals surface area (Å²) in [6.07, 6.45) is 0.382. The molecule has 0 saturated heterocycles. The van der Waals surface area contributed by atoms with Gasteiger partial charge in [-0.3, -0.25) is 4.79 Å². The number of thiazole rings is 1. The molecule has 1 N–H and O–H groups in total. The van der Waals surface area contributed by atoms with Crippen molar-refractivity contribution in [2.75, 3.05) is 5.32 Å². The lowest BCUT2D eigenvalue weighted by molar-refractivity contribution is -0.115. The molecule has 4 heteroatoms. The lowest BCUT2D eigenvalue weighted by Crippen LogP contribution is -2.15. The Morgan fingerprint density at radius 3 is 2.43 bits per heavy atom. The quantitative estimate of drug-likeness (QED) is 0.758. The van der Waals surface area contributed by atoms with Crippen LogP contribution in [0.15, 0.2) is 30.3 Å². The predicted octanol–water partition coefficient (Wildman–Crippen LogP) is 4.71. The van der Waals surface area contributed by atoms with Gasteiger partial charge in [-0.25, -0.2) is 4.98 Å². The number of aryl methyl sites for hydroxylation is 4. The number of benzene rings is 2. The Labute approximate surface area is 140 Å². The van der Waals surface area contributed by atoms with Crippen LogP contribution in [0.25, 0.3) is 10.2 Å². The summed E-state index contributed by atoms with van der Waals surface area (Å²) in [4.78, 5) is 16.9. The van der Waals surface area contributed by atoms with Gasteiger partial charge in [-0.2, -0.15) is 0 Å². The minimum absolute atomic E-state index is 0.0169. The Morgan fingerprint density at radius 1 is 1.09 bits per heavy atom. The van der Waals surface area contributed by atoms with Gasteiger partial charge in [-0.15, -0.1) is 0 Å². The Kier molecular flexibility index (Phi) is 4.18. The van der Waals surface area contributed by atoms with Gasteiger partial charge in [0.05, 0.1) is 16.6 Å². The van der Waals surface area contributed by atoms with Gasteiger partial charge in [-0.1, -0.05) is 41.2 Å². The maximum absolute atomic E-state index is 12.4. The fourth-order valence-corrected chi connectivity index (χ4v) is 3.91. The number of fused-ring (bicyclic) bond motifs is 1. The highest BCUT2D eigenvalue weighted by Crippen LogP contribution is 2.28. The van der Waals surface area contributed by atoms with E-state index in [9.17, 15) is 4.79 Å². The van der Waals surface area contributed by atoms with Crippen molar-refractivity contribution in [3.63, 3.8) is 0 Å². The summed E-state index contributed by atoms with van der Waals surface area (Å²) in [6, 6.07) is 10.3. The molecule has 0 unspecified atom stereocenters. The zero-order valence-corrected chi connectivity index (χ0v) is 14.7. The van der Waals surface area contributed by atoms with Crippen molar-refractivity contribution in [3.05, 3.63) is 58.1 Å². The Bertz CT molecular complexity index is 873. The fraction of sp³-hybridized carbons (Fsp3) is 0.263. The number of anilines is 1. The summed E-state index contributed by atoms with van der Waals surface area (Å²) in [5.74, 6) is -0.0169. The van der Waals surface area contributed by atoms with Gasteiger partial charge in [0.25, 0.3) is 0 Å². The van der Waals surface area contributed by atoms with Crippen LogP contribution in [0.3, 0.4) is 0 Å². The molecular formula is C19H20N2OS. The van der Waals surface area contributed by atoms with Crippen molar-refractivity contribution in [2.45, 2.75) is 34.1 Å². The second-order valence-electron chi connectivity index (χ2n) is 6.04. The van der Waals surface area contributed by atoms with Gasteiger partial charge >= 0.3 is 0 Å². The molecular weight excluding hydrogens is 304 g/mol. The summed E-state index contributed by atoms with van der Waals surface area (Å²) in [7, 11) is 0. The third-order valence-electron chi connectivity index (χ3n) is 4.04. The zero-order valence-electron chi connectivity index (χ0n) is 13.9. The standard InChI is InChI=1S/C19H20N2OS/c1-11-8-13(3)15(14(4)9-11)10-17(22)20-19-21-18-12(2)6-5-7-16(18)23-19/h5-9H,10H2,1-4H3,(H,20,21,22). The van der Waals surface area contributed by atoms with E-state index in [-0.39, 0.29) is 5.91 Å². The van der Waals surface area contributed by atoms with Crippen molar-refractivity contribution < 1.29 is 4.79 Å². The van der Waals surface area contributed by atoms with E-state index in [4.69, 9.17) is 0 Å². The maximum atomic E-state index is 12.4. The summed E-state index contributed by atoms with van der Waals surface area (Å²) < 4.78 is 1.10. The molecule has 0 saturated carbocycles. The van der Waals surface area contributed by atoms with Crippen LogP contribution in [0.4, 0.5) is 5.13 Å². The summed E-state index contributed by atoms with van der Waals surface area (Å²) in [6.45, 7) is 8.23. The minimum atomic E-state index is -0.0169. The Hall–Kier alpha value is -2.20. The summed E-state index contributed by atoms with van der Waals surface area (Å²) in [5.41, 5.74) is 6.76. The highest BCUT2D eigenvalue weighted by molar-refractivity contribution is 7.22. The first-order valence-corrected chi connectivity index (χ1v) is 8.48. The molecule has 3 aromatic rings. The van der Waals surface area contributed by atoms with Gasteiger partial charge in [-0.05, 0) is 56.0 Å². The second-order valence-corrected chi connectivity index (χ2v) is 7.07. The molecule has 23 heavy (non-hydrogen) atoms. The number of amides is 1. The molecule has 0 fully saturated rings. The van der Waals surface area contributed by atoms with Gasteiger partial charge in [0.1, 0.15) is 0 Å². The number of rotatable bonds is 3. The molecule has 0 atom stereocenters. The van der Waals surface area contributed by atoms with Crippen LogP contribution in [0, 0.1) is 27.7 Å². The van der Waals surface area contributed by atoms with Crippen LogP contribution in [-0.4, -0.2) is 10.9 Å². The predicted molar refractivity (Wildman–Crippen MR) is 97.3 cm³/mol. The smallest absolute Gasteiger partial charge is 0.230 e. The van der Waals surface area contributed by atoms with Crippen LogP contribution in [0.5, 0.6) is 0 Å². The molecule has 0 aliphatic carbocycles. The molecule has 3 nitrogen and oxygen atoms in total. The summed E-state index contributed by atoms with van der Waals surface area (Å²) >= 11 is 1.52. The van der Waals surface area contributed by atoms with Crippen LogP contribution in [0.1, 0.15) is 27.8 Å².